The van der Waals surface area contributed by atoms with Crippen molar-refractivity contribution >= 4 is 5.96 Å². The molecule has 23 heavy (non-hydrogen) atoms. The van der Waals surface area contributed by atoms with E-state index in [4.69, 9.17) is 9.47 Å². The molecule has 2 unspecified atom stereocenters. The van der Waals surface area contributed by atoms with E-state index in [9.17, 15) is 0 Å². The zero-order valence-corrected chi connectivity index (χ0v) is 14.4. The fourth-order valence-electron chi connectivity index (χ4n) is 2.37. The lowest BCUT2D eigenvalue weighted by Gasteiger charge is -2.19. The third-order valence-corrected chi connectivity index (χ3v) is 3.56. The second-order valence-corrected chi connectivity index (χ2v) is 5.91. The molecule has 0 saturated carbocycles. The zero-order valence-electron chi connectivity index (χ0n) is 14.4. The molecule has 2 heterocycles. The lowest BCUT2D eigenvalue weighted by molar-refractivity contribution is 0.0347. The van der Waals surface area contributed by atoms with Gasteiger partial charge in [-0.05, 0) is 32.8 Å². The fraction of sp³-hybridized carbons (Fsp3) is 0.750. The second kappa shape index (κ2) is 9.52. The largest absolute Gasteiger partial charge is 0.379 e. The highest BCUT2D eigenvalue weighted by molar-refractivity contribution is 5.80. The maximum atomic E-state index is 5.84. The molecule has 2 N–H and O–H groups in total. The van der Waals surface area contributed by atoms with Crippen LogP contribution in [0, 0.1) is 6.92 Å². The molecule has 7 heteroatoms. The first-order valence-electron chi connectivity index (χ1n) is 8.40. The summed E-state index contributed by atoms with van der Waals surface area (Å²) in [4.78, 5) is 4.59. The van der Waals surface area contributed by atoms with Gasteiger partial charge >= 0.3 is 0 Å². The Morgan fingerprint density at radius 2 is 2.48 bits per heavy atom. The molecule has 0 amide bonds. The van der Waals surface area contributed by atoms with E-state index in [2.05, 4.69) is 34.6 Å². The lowest BCUT2D eigenvalue weighted by atomic mass is 10.3. The molecular formula is C16H29N5O2. The van der Waals surface area contributed by atoms with Crippen LogP contribution in [0.3, 0.4) is 0 Å². The number of aliphatic imine (C=N–C) groups is 1. The summed E-state index contributed by atoms with van der Waals surface area (Å²) in [7, 11) is 0. The quantitative estimate of drug-likeness (QED) is 0.550. The van der Waals surface area contributed by atoms with Gasteiger partial charge in [-0.25, -0.2) is 0 Å². The van der Waals surface area contributed by atoms with Crippen molar-refractivity contribution in [3.8, 4) is 0 Å². The number of rotatable bonds is 8. The smallest absolute Gasteiger partial charge is 0.191 e. The minimum atomic E-state index is 0.195. The summed E-state index contributed by atoms with van der Waals surface area (Å²) in [6.07, 6.45) is 5.11. The maximum Gasteiger partial charge on any atom is 0.191 e. The fourth-order valence-corrected chi connectivity index (χ4v) is 2.37. The van der Waals surface area contributed by atoms with Gasteiger partial charge < -0.3 is 20.1 Å². The van der Waals surface area contributed by atoms with Gasteiger partial charge in [0.1, 0.15) is 0 Å². The normalized spacial score (nSPS) is 19.8. The summed E-state index contributed by atoms with van der Waals surface area (Å²) in [5, 5.41) is 10.9. The molecule has 7 nitrogen and oxygen atoms in total. The number of hydrogen-bond acceptors (Lipinski definition) is 4. The van der Waals surface area contributed by atoms with Crippen LogP contribution < -0.4 is 10.6 Å². The Hall–Kier alpha value is -1.60. The molecule has 2 atom stereocenters. The highest BCUT2D eigenvalue weighted by Gasteiger charge is 2.17. The van der Waals surface area contributed by atoms with Crippen LogP contribution in [0.2, 0.25) is 0 Å². The van der Waals surface area contributed by atoms with Crippen molar-refractivity contribution in [1.82, 2.24) is 20.4 Å². The van der Waals surface area contributed by atoms with Crippen molar-refractivity contribution in [1.29, 1.82) is 0 Å². The highest BCUT2D eigenvalue weighted by atomic mass is 16.5. The van der Waals surface area contributed by atoms with Gasteiger partial charge in [0, 0.05) is 25.4 Å². The number of aromatic nitrogens is 2. The Balaban J connectivity index is 1.73. The van der Waals surface area contributed by atoms with Crippen molar-refractivity contribution in [3.63, 3.8) is 0 Å². The van der Waals surface area contributed by atoms with Crippen molar-refractivity contribution in [2.24, 2.45) is 4.99 Å². The Bertz CT molecular complexity index is 483. The molecule has 1 aromatic heterocycles. The molecule has 1 aliphatic rings. The van der Waals surface area contributed by atoms with Crippen LogP contribution >= 0.6 is 0 Å². The predicted molar refractivity (Wildman–Crippen MR) is 90.7 cm³/mol. The van der Waals surface area contributed by atoms with E-state index in [0.29, 0.717) is 19.8 Å². The molecule has 130 valence electrons. The first-order chi connectivity index (χ1) is 11.2. The van der Waals surface area contributed by atoms with Crippen LogP contribution in [-0.4, -0.2) is 60.8 Å². The van der Waals surface area contributed by atoms with Crippen molar-refractivity contribution < 1.29 is 9.47 Å². The van der Waals surface area contributed by atoms with Crippen LogP contribution in [0.15, 0.2) is 17.4 Å². The van der Waals surface area contributed by atoms with E-state index in [1.165, 1.54) is 5.56 Å². The van der Waals surface area contributed by atoms with Crippen molar-refractivity contribution in [2.75, 3.05) is 32.9 Å². The maximum absolute atomic E-state index is 5.84. The minimum absolute atomic E-state index is 0.195. The molecule has 1 saturated heterocycles. The van der Waals surface area contributed by atoms with Crippen LogP contribution in [-0.2, 0) is 16.0 Å². The third kappa shape index (κ3) is 6.58. The molecule has 0 aliphatic carbocycles. The molecule has 2 rings (SSSR count). The Morgan fingerprint density at radius 3 is 3.13 bits per heavy atom. The zero-order chi connectivity index (χ0) is 16.5. The van der Waals surface area contributed by atoms with Gasteiger partial charge in [-0.1, -0.05) is 0 Å². The van der Waals surface area contributed by atoms with Gasteiger partial charge in [0.2, 0.25) is 0 Å². The summed E-state index contributed by atoms with van der Waals surface area (Å²) in [5.74, 6) is 0.815. The summed E-state index contributed by atoms with van der Waals surface area (Å²) in [6, 6.07) is 0.195. The van der Waals surface area contributed by atoms with E-state index in [-0.39, 0.29) is 12.1 Å². The number of guanidine groups is 1. The summed E-state index contributed by atoms with van der Waals surface area (Å²) in [5.41, 5.74) is 1.17. The second-order valence-electron chi connectivity index (χ2n) is 5.91. The summed E-state index contributed by atoms with van der Waals surface area (Å²) in [6.45, 7) is 10.6. The lowest BCUT2D eigenvalue weighted by Crippen LogP contribution is -2.44. The molecular weight excluding hydrogens is 294 g/mol. The number of hydrogen-bond donors (Lipinski definition) is 2. The first-order valence-corrected chi connectivity index (χ1v) is 8.40. The molecule has 1 aromatic rings. The van der Waals surface area contributed by atoms with E-state index in [0.717, 1.165) is 32.1 Å². The first kappa shape index (κ1) is 17.7. The van der Waals surface area contributed by atoms with Gasteiger partial charge in [-0.3, -0.25) is 9.67 Å². The van der Waals surface area contributed by atoms with Gasteiger partial charge in [0.05, 0.1) is 38.6 Å². The van der Waals surface area contributed by atoms with Gasteiger partial charge in [0.15, 0.2) is 5.96 Å². The SMILES string of the molecule is CCNC(=NCCn1cc(C)cn1)NC(C)COC1CCOC1. The van der Waals surface area contributed by atoms with Crippen LogP contribution in [0.4, 0.5) is 0 Å². The number of nitrogens with zero attached hydrogens (tertiary/aromatic N) is 3. The molecule has 0 radical (unpaired) electrons. The van der Waals surface area contributed by atoms with Crippen LogP contribution in [0.5, 0.6) is 0 Å². The molecule has 0 bridgehead atoms. The van der Waals surface area contributed by atoms with E-state index in [1.54, 1.807) is 0 Å². The summed E-state index contributed by atoms with van der Waals surface area (Å²) >= 11 is 0. The van der Waals surface area contributed by atoms with Crippen molar-refractivity contribution in [3.05, 3.63) is 18.0 Å². The minimum Gasteiger partial charge on any atom is -0.379 e. The van der Waals surface area contributed by atoms with Gasteiger partial charge in [-0.2, -0.15) is 5.10 Å². The topological polar surface area (TPSA) is 72.7 Å². The summed E-state index contributed by atoms with van der Waals surface area (Å²) < 4.78 is 13.1. The van der Waals surface area contributed by atoms with E-state index in [1.807, 2.05) is 24.0 Å². The monoisotopic (exact) mass is 323 g/mol. The van der Waals surface area contributed by atoms with Gasteiger partial charge in [0.25, 0.3) is 0 Å². The molecule has 0 aromatic carbocycles. The van der Waals surface area contributed by atoms with Crippen LogP contribution in [0.1, 0.15) is 25.8 Å². The van der Waals surface area contributed by atoms with E-state index < -0.39 is 0 Å². The average molecular weight is 323 g/mol. The van der Waals surface area contributed by atoms with Crippen molar-refractivity contribution in [2.45, 2.75) is 45.9 Å². The number of nitrogens with one attached hydrogen (secondary N) is 2. The average Bonchev–Trinajstić information content (AvgIpc) is 3.17. The highest BCUT2D eigenvalue weighted by Crippen LogP contribution is 2.08. The molecule has 1 fully saturated rings. The van der Waals surface area contributed by atoms with E-state index >= 15 is 0 Å². The standard InChI is InChI=1S/C16H29N5O2/c1-4-17-16(18-6-7-21-10-13(2)9-19-21)20-14(3)11-23-15-5-8-22-12-15/h9-10,14-15H,4-8,11-12H2,1-3H3,(H2,17,18,20). The predicted octanol–water partition coefficient (Wildman–Crippen LogP) is 0.941. The van der Waals surface area contributed by atoms with Crippen LogP contribution in [0.25, 0.3) is 0 Å². The Kier molecular flexibility index (Phi) is 7.35. The number of ether oxygens (including phenoxy) is 2. The Labute approximate surface area is 138 Å². The van der Waals surface area contributed by atoms with Gasteiger partial charge in [-0.15, -0.1) is 0 Å². The number of aryl methyl sites for hydroxylation is 1. The molecule has 1 aliphatic heterocycles. The molecule has 0 spiro atoms. The third-order valence-electron chi connectivity index (χ3n) is 3.56. The Morgan fingerprint density at radius 1 is 1.61 bits per heavy atom.